The van der Waals surface area contributed by atoms with Crippen molar-refractivity contribution in [1.29, 1.82) is 5.41 Å². The predicted molar refractivity (Wildman–Crippen MR) is 183 cm³/mol. The fraction of sp³-hybridized carbons (Fsp3) is 0. The fourth-order valence-electron chi connectivity index (χ4n) is 6.38. The van der Waals surface area contributed by atoms with Gasteiger partial charge in [-0.25, -0.2) is 0 Å². The highest BCUT2D eigenvalue weighted by atomic mass is 16.3. The van der Waals surface area contributed by atoms with E-state index in [4.69, 9.17) is 9.83 Å². The molecule has 7 aromatic carbocycles. The maximum Gasteiger partial charge on any atom is 0.136 e. The van der Waals surface area contributed by atoms with Crippen molar-refractivity contribution in [3.8, 4) is 11.1 Å². The van der Waals surface area contributed by atoms with Crippen molar-refractivity contribution in [3.63, 3.8) is 0 Å². The summed E-state index contributed by atoms with van der Waals surface area (Å²) in [5, 5.41) is 18.1. The third-order valence-electron chi connectivity index (χ3n) is 8.42. The molecule has 2 nitrogen and oxygen atoms in total. The van der Waals surface area contributed by atoms with Gasteiger partial charge in [0, 0.05) is 16.3 Å². The Morgan fingerprint density at radius 2 is 1.12 bits per heavy atom. The van der Waals surface area contributed by atoms with E-state index >= 15 is 0 Å². The van der Waals surface area contributed by atoms with Gasteiger partial charge in [0.05, 0.1) is 5.71 Å². The average molecular weight is 550 g/mol. The molecule has 1 heterocycles. The number of nitrogens with one attached hydrogen (secondary N) is 1. The Bertz CT molecular complexity index is 2370. The molecule has 0 radical (unpaired) electrons. The summed E-state index contributed by atoms with van der Waals surface area (Å²) in [5.41, 5.74) is 7.23. The minimum absolute atomic E-state index is 0.406. The van der Waals surface area contributed by atoms with E-state index in [-0.39, 0.29) is 0 Å². The van der Waals surface area contributed by atoms with Gasteiger partial charge >= 0.3 is 0 Å². The Balaban J connectivity index is 1.19. The number of hydrogen-bond acceptors (Lipinski definition) is 2. The number of benzene rings is 7. The molecule has 1 N–H and O–H groups in total. The Morgan fingerprint density at radius 3 is 1.81 bits per heavy atom. The lowest BCUT2D eigenvalue weighted by Crippen LogP contribution is -1.95. The van der Waals surface area contributed by atoms with Crippen LogP contribution in [0, 0.1) is 5.41 Å². The van der Waals surface area contributed by atoms with E-state index in [9.17, 15) is 0 Å². The first-order valence-electron chi connectivity index (χ1n) is 14.5. The average Bonchev–Trinajstić information content (AvgIpc) is 3.41. The van der Waals surface area contributed by atoms with Gasteiger partial charge in [0.25, 0.3) is 0 Å². The normalized spacial score (nSPS) is 11.8. The molecule has 8 rings (SSSR count). The van der Waals surface area contributed by atoms with E-state index in [2.05, 4.69) is 122 Å². The van der Waals surface area contributed by atoms with Crippen molar-refractivity contribution in [1.82, 2.24) is 0 Å². The first-order chi connectivity index (χ1) is 21.2. The van der Waals surface area contributed by atoms with Crippen LogP contribution >= 0.6 is 0 Å². The monoisotopic (exact) mass is 549 g/mol. The summed E-state index contributed by atoms with van der Waals surface area (Å²) in [6.07, 6.45) is 3.81. The highest BCUT2D eigenvalue weighted by Gasteiger charge is 2.16. The van der Waals surface area contributed by atoms with E-state index in [0.717, 1.165) is 54.8 Å². The SMILES string of the molecule is C=C(/C=C\C(=N)c1ccc2c(c1)oc1cc3ccccc3cc12)c1c2ccccc2c(-c2ccccc2)c2ccccc12. The van der Waals surface area contributed by atoms with Crippen LogP contribution in [0.2, 0.25) is 0 Å². The molecule has 0 saturated carbocycles. The molecule has 2 heteroatoms. The Morgan fingerprint density at radius 1 is 0.535 bits per heavy atom. The van der Waals surface area contributed by atoms with E-state index in [1.165, 1.54) is 27.3 Å². The molecule has 0 fully saturated rings. The van der Waals surface area contributed by atoms with Crippen molar-refractivity contribution in [2.45, 2.75) is 0 Å². The maximum absolute atomic E-state index is 8.92. The first kappa shape index (κ1) is 25.0. The number of fused-ring (bicyclic) bond motifs is 6. The van der Waals surface area contributed by atoms with Crippen LogP contribution in [0.15, 0.2) is 157 Å². The molecule has 43 heavy (non-hydrogen) atoms. The highest BCUT2D eigenvalue weighted by molar-refractivity contribution is 6.20. The Hall–Kier alpha value is -5.73. The van der Waals surface area contributed by atoms with E-state index < -0.39 is 0 Å². The molecule has 0 amide bonds. The maximum atomic E-state index is 8.92. The lowest BCUT2D eigenvalue weighted by molar-refractivity contribution is 0.669. The van der Waals surface area contributed by atoms with Gasteiger partial charge in [-0.05, 0) is 84.9 Å². The van der Waals surface area contributed by atoms with Crippen LogP contribution in [0.5, 0.6) is 0 Å². The summed E-state index contributed by atoms with van der Waals surface area (Å²) in [5.74, 6) is 0. The fourth-order valence-corrected chi connectivity index (χ4v) is 6.38. The van der Waals surface area contributed by atoms with Crippen LogP contribution in [-0.4, -0.2) is 5.71 Å². The molecule has 0 spiro atoms. The zero-order valence-electron chi connectivity index (χ0n) is 23.5. The third-order valence-corrected chi connectivity index (χ3v) is 8.42. The van der Waals surface area contributed by atoms with Crippen molar-refractivity contribution in [2.24, 2.45) is 0 Å². The van der Waals surface area contributed by atoms with Crippen molar-refractivity contribution < 1.29 is 4.42 Å². The minimum Gasteiger partial charge on any atom is -0.456 e. The van der Waals surface area contributed by atoms with Gasteiger partial charge in [0.1, 0.15) is 11.2 Å². The molecule has 0 atom stereocenters. The molecule has 0 bridgehead atoms. The minimum atomic E-state index is 0.406. The summed E-state index contributed by atoms with van der Waals surface area (Å²) in [7, 11) is 0. The van der Waals surface area contributed by atoms with Gasteiger partial charge < -0.3 is 9.83 Å². The zero-order valence-corrected chi connectivity index (χ0v) is 23.5. The number of hydrogen-bond donors (Lipinski definition) is 1. The van der Waals surface area contributed by atoms with Gasteiger partial charge in [-0.2, -0.15) is 0 Å². The van der Waals surface area contributed by atoms with E-state index in [1.807, 2.05) is 30.4 Å². The highest BCUT2D eigenvalue weighted by Crippen LogP contribution is 2.41. The number of allylic oxidation sites excluding steroid dienone is 3. The van der Waals surface area contributed by atoms with Crippen molar-refractivity contribution >= 4 is 65.5 Å². The lowest BCUT2D eigenvalue weighted by Gasteiger charge is -2.17. The first-order valence-corrected chi connectivity index (χ1v) is 14.5. The van der Waals surface area contributed by atoms with Crippen LogP contribution in [-0.2, 0) is 0 Å². The predicted octanol–water partition coefficient (Wildman–Crippen LogP) is 11.4. The molecule has 202 valence electrons. The number of furan rings is 1. The summed E-state index contributed by atoms with van der Waals surface area (Å²) in [6.45, 7) is 4.50. The smallest absolute Gasteiger partial charge is 0.136 e. The summed E-state index contributed by atoms with van der Waals surface area (Å²) in [4.78, 5) is 0. The van der Waals surface area contributed by atoms with E-state index in [1.54, 1.807) is 0 Å². The quantitative estimate of drug-likeness (QED) is 0.129. The Kier molecular flexibility index (Phi) is 5.80. The summed E-state index contributed by atoms with van der Waals surface area (Å²) in [6, 6.07) is 46.3. The molecule has 0 aliphatic heterocycles. The van der Waals surface area contributed by atoms with Crippen LogP contribution < -0.4 is 0 Å². The molecule has 0 unspecified atom stereocenters. The van der Waals surface area contributed by atoms with Gasteiger partial charge in [-0.1, -0.05) is 122 Å². The second-order valence-corrected chi connectivity index (χ2v) is 11.0. The van der Waals surface area contributed by atoms with Gasteiger partial charge in [-0.3, -0.25) is 0 Å². The van der Waals surface area contributed by atoms with Crippen LogP contribution in [0.1, 0.15) is 11.1 Å². The molecular formula is C41H27NO. The van der Waals surface area contributed by atoms with Gasteiger partial charge in [0.2, 0.25) is 0 Å². The van der Waals surface area contributed by atoms with Crippen molar-refractivity contribution in [2.75, 3.05) is 0 Å². The molecular weight excluding hydrogens is 522 g/mol. The van der Waals surface area contributed by atoms with Crippen LogP contribution in [0.3, 0.4) is 0 Å². The van der Waals surface area contributed by atoms with Gasteiger partial charge in [-0.15, -0.1) is 0 Å². The second-order valence-electron chi connectivity index (χ2n) is 11.0. The molecule has 0 saturated heterocycles. The second kappa shape index (κ2) is 9.97. The summed E-state index contributed by atoms with van der Waals surface area (Å²) < 4.78 is 6.25. The zero-order chi connectivity index (χ0) is 28.9. The van der Waals surface area contributed by atoms with E-state index in [0.29, 0.717) is 5.71 Å². The molecule has 1 aromatic heterocycles. The topological polar surface area (TPSA) is 37.0 Å². The molecule has 0 aliphatic carbocycles. The molecule has 0 aliphatic rings. The molecule has 8 aromatic rings. The van der Waals surface area contributed by atoms with Crippen LogP contribution in [0.25, 0.3) is 71.0 Å². The standard InChI is InChI=1S/C41H27NO/c1-26(40-32-15-7-9-17-34(32)41(27-11-3-2-4-12-27)35-18-10-8-16-33(35)40)19-22-37(42)30-20-21-31-36-23-28-13-5-6-14-29(28)24-39(36)43-38(31)25-30/h2-25,42H,1H2/b22-19-,42-37?. The van der Waals surface area contributed by atoms with Crippen molar-refractivity contribution in [3.05, 3.63) is 163 Å². The number of rotatable bonds is 5. The third kappa shape index (κ3) is 4.15. The van der Waals surface area contributed by atoms with Gasteiger partial charge in [0.15, 0.2) is 0 Å². The van der Waals surface area contributed by atoms with Crippen LogP contribution in [0.4, 0.5) is 0 Å². The summed E-state index contributed by atoms with van der Waals surface area (Å²) >= 11 is 0. The largest absolute Gasteiger partial charge is 0.456 e. The lowest BCUT2D eigenvalue weighted by atomic mass is 9.86. The Labute approximate surface area is 249 Å².